The van der Waals surface area contributed by atoms with Crippen molar-refractivity contribution in [2.45, 2.75) is 45.9 Å². The lowest BCUT2D eigenvalue weighted by atomic mass is 10.00. The van der Waals surface area contributed by atoms with Gasteiger partial charge in [0.05, 0.1) is 5.71 Å². The zero-order chi connectivity index (χ0) is 26.1. The number of aliphatic imine (C=N–C) groups is 1. The monoisotopic (exact) mass is 541 g/mol. The summed E-state index contributed by atoms with van der Waals surface area (Å²) < 4.78 is 2.14. The molecule has 2 aliphatic heterocycles. The zero-order valence-electron chi connectivity index (χ0n) is 22.0. The van der Waals surface area contributed by atoms with Crippen LogP contribution in [0.25, 0.3) is 5.00 Å². The lowest BCUT2D eigenvalue weighted by Crippen LogP contribution is -2.45. The second-order valence-electron chi connectivity index (χ2n) is 10.1. The fourth-order valence-electron chi connectivity index (χ4n) is 5.06. The van der Waals surface area contributed by atoms with Crippen LogP contribution in [0.1, 0.15) is 52.1 Å². The number of halogens is 1. The van der Waals surface area contributed by atoms with Crippen molar-refractivity contribution in [2.24, 2.45) is 4.99 Å². The molecule has 0 amide bonds. The Labute approximate surface area is 228 Å². The van der Waals surface area contributed by atoms with Gasteiger partial charge in [-0.3, -0.25) is 14.9 Å². The molecule has 198 valence electrons. The van der Waals surface area contributed by atoms with Crippen LogP contribution in [-0.2, 0) is 0 Å². The molecular weight excluding hydrogens is 506 g/mol. The molecule has 1 saturated heterocycles. The van der Waals surface area contributed by atoms with Crippen molar-refractivity contribution < 1.29 is 5.11 Å². The standard InChI is InChI=1S/C27H36ClN7OS/c1-17-18(2)37-27-24(17)25(20-7-9-21(28)10-8-20)30-22(26-32-31-19(3)35(26)27)16-29-23(36)6-5-11-34-14-12-33(4)13-15-34/h7-10,22-23,29,36H,5-6,11-16H2,1-4H3. The summed E-state index contributed by atoms with van der Waals surface area (Å²) in [4.78, 5) is 11.3. The quantitative estimate of drug-likeness (QED) is 0.423. The molecule has 0 bridgehead atoms. The number of aryl methyl sites for hydroxylation is 2. The van der Waals surface area contributed by atoms with Gasteiger partial charge in [-0.15, -0.1) is 21.5 Å². The Kier molecular flexibility index (Phi) is 8.09. The van der Waals surface area contributed by atoms with Crippen LogP contribution in [-0.4, -0.2) is 87.9 Å². The van der Waals surface area contributed by atoms with Gasteiger partial charge >= 0.3 is 0 Å². The van der Waals surface area contributed by atoms with Gasteiger partial charge in [0.25, 0.3) is 0 Å². The summed E-state index contributed by atoms with van der Waals surface area (Å²) in [5, 5.41) is 24.8. The SMILES string of the molecule is Cc1sc2c(c1C)C(c1ccc(Cl)cc1)=NC(CNC(O)CCCN1CCN(C)CC1)c1nnc(C)n1-2. The Morgan fingerprint density at radius 2 is 1.84 bits per heavy atom. The predicted octanol–water partition coefficient (Wildman–Crippen LogP) is 3.74. The number of hydrogen-bond donors (Lipinski definition) is 2. The van der Waals surface area contributed by atoms with Crippen molar-refractivity contribution in [1.82, 2.24) is 29.9 Å². The average molecular weight is 542 g/mol. The summed E-state index contributed by atoms with van der Waals surface area (Å²) in [7, 11) is 2.17. The second-order valence-corrected chi connectivity index (χ2v) is 11.8. The molecule has 0 radical (unpaired) electrons. The van der Waals surface area contributed by atoms with E-state index in [9.17, 15) is 5.11 Å². The number of hydrogen-bond acceptors (Lipinski definition) is 8. The molecule has 1 aromatic carbocycles. The molecule has 37 heavy (non-hydrogen) atoms. The van der Waals surface area contributed by atoms with Crippen molar-refractivity contribution in [2.75, 3.05) is 46.3 Å². The molecule has 4 heterocycles. The highest BCUT2D eigenvalue weighted by Crippen LogP contribution is 2.38. The Balaban J connectivity index is 1.36. The van der Waals surface area contributed by atoms with Gasteiger partial charge < -0.3 is 14.9 Å². The van der Waals surface area contributed by atoms with E-state index in [0.29, 0.717) is 18.0 Å². The molecular formula is C27H36ClN7OS. The molecule has 10 heteroatoms. The molecule has 3 aromatic rings. The van der Waals surface area contributed by atoms with E-state index in [1.807, 2.05) is 31.2 Å². The lowest BCUT2D eigenvalue weighted by Gasteiger charge is -2.32. The van der Waals surface area contributed by atoms with Gasteiger partial charge in [0.15, 0.2) is 5.82 Å². The molecule has 2 aromatic heterocycles. The number of nitrogens with zero attached hydrogens (tertiary/aromatic N) is 6. The Morgan fingerprint density at radius 1 is 1.11 bits per heavy atom. The van der Waals surface area contributed by atoms with Crippen LogP contribution in [0.2, 0.25) is 5.02 Å². The summed E-state index contributed by atoms with van der Waals surface area (Å²) in [6.07, 6.45) is 1.05. The summed E-state index contributed by atoms with van der Waals surface area (Å²) in [5.74, 6) is 1.63. The van der Waals surface area contributed by atoms with Crippen LogP contribution in [0.3, 0.4) is 0 Å². The van der Waals surface area contributed by atoms with Gasteiger partial charge in [-0.05, 0) is 64.9 Å². The van der Waals surface area contributed by atoms with Crippen LogP contribution in [0, 0.1) is 20.8 Å². The Morgan fingerprint density at radius 3 is 2.57 bits per heavy atom. The van der Waals surface area contributed by atoms with Gasteiger partial charge in [0.1, 0.15) is 23.1 Å². The van der Waals surface area contributed by atoms with Gasteiger partial charge in [-0.1, -0.05) is 23.7 Å². The topological polar surface area (TPSA) is 81.8 Å². The third-order valence-corrected chi connectivity index (χ3v) is 8.90. The van der Waals surface area contributed by atoms with Crippen molar-refractivity contribution in [1.29, 1.82) is 0 Å². The lowest BCUT2D eigenvalue weighted by molar-refractivity contribution is 0.108. The number of aliphatic hydroxyl groups is 1. The number of rotatable bonds is 8. The van der Waals surface area contributed by atoms with E-state index in [1.165, 1.54) is 10.4 Å². The van der Waals surface area contributed by atoms with Crippen LogP contribution >= 0.6 is 22.9 Å². The first-order valence-corrected chi connectivity index (χ1v) is 14.2. The van der Waals surface area contributed by atoms with E-state index in [4.69, 9.17) is 16.6 Å². The molecule has 2 atom stereocenters. The van der Waals surface area contributed by atoms with Gasteiger partial charge in [-0.2, -0.15) is 0 Å². The Bertz CT molecular complexity index is 1260. The van der Waals surface area contributed by atoms with E-state index in [0.717, 1.165) is 72.6 Å². The number of aliphatic hydroxyl groups excluding tert-OH is 1. The molecule has 0 aliphatic carbocycles. The number of likely N-dealkylation sites (N-methyl/N-ethyl adjacent to an activating group) is 1. The number of benzene rings is 1. The van der Waals surface area contributed by atoms with Crippen molar-refractivity contribution in [3.05, 3.63) is 62.5 Å². The fraction of sp³-hybridized carbons (Fsp3) is 0.519. The first-order valence-electron chi connectivity index (χ1n) is 13.0. The summed E-state index contributed by atoms with van der Waals surface area (Å²) in [6.45, 7) is 12.2. The minimum atomic E-state index is -0.597. The van der Waals surface area contributed by atoms with E-state index in [-0.39, 0.29) is 6.04 Å². The van der Waals surface area contributed by atoms with E-state index < -0.39 is 6.23 Å². The zero-order valence-corrected chi connectivity index (χ0v) is 23.6. The van der Waals surface area contributed by atoms with Gasteiger partial charge in [0, 0.05) is 53.8 Å². The van der Waals surface area contributed by atoms with Gasteiger partial charge in [-0.25, -0.2) is 0 Å². The highest BCUT2D eigenvalue weighted by atomic mass is 35.5. The molecule has 8 nitrogen and oxygen atoms in total. The van der Waals surface area contributed by atoms with E-state index in [1.54, 1.807) is 11.3 Å². The molecule has 0 spiro atoms. The van der Waals surface area contributed by atoms with Crippen LogP contribution in [0.15, 0.2) is 29.3 Å². The minimum Gasteiger partial charge on any atom is -0.379 e. The number of aromatic nitrogens is 3. The molecule has 1 fully saturated rings. The fourth-order valence-corrected chi connectivity index (χ4v) is 6.40. The third kappa shape index (κ3) is 5.67. The molecule has 0 saturated carbocycles. The number of piperazine rings is 1. The maximum atomic E-state index is 10.8. The highest BCUT2D eigenvalue weighted by Gasteiger charge is 2.31. The van der Waals surface area contributed by atoms with Gasteiger partial charge in [0.2, 0.25) is 0 Å². The van der Waals surface area contributed by atoms with Crippen LogP contribution < -0.4 is 5.32 Å². The van der Waals surface area contributed by atoms with E-state index >= 15 is 0 Å². The number of thiophene rings is 1. The smallest absolute Gasteiger partial charge is 0.164 e. The average Bonchev–Trinajstić information content (AvgIpc) is 3.35. The maximum absolute atomic E-state index is 10.8. The first-order chi connectivity index (χ1) is 17.8. The maximum Gasteiger partial charge on any atom is 0.164 e. The number of nitrogens with one attached hydrogen (secondary N) is 1. The van der Waals surface area contributed by atoms with Crippen molar-refractivity contribution in [3.63, 3.8) is 0 Å². The number of fused-ring (bicyclic) bond motifs is 3. The minimum absolute atomic E-state index is 0.293. The summed E-state index contributed by atoms with van der Waals surface area (Å²) >= 11 is 7.95. The van der Waals surface area contributed by atoms with Crippen molar-refractivity contribution >= 4 is 28.6 Å². The van der Waals surface area contributed by atoms with E-state index in [2.05, 4.69) is 50.8 Å². The highest BCUT2D eigenvalue weighted by molar-refractivity contribution is 7.15. The first kappa shape index (κ1) is 26.5. The second kappa shape index (κ2) is 11.3. The Hall–Kier alpha value is -2.14. The summed E-state index contributed by atoms with van der Waals surface area (Å²) in [5.41, 5.74) is 4.27. The third-order valence-electron chi connectivity index (χ3n) is 7.45. The molecule has 2 N–H and O–H groups in total. The normalized spacial score (nSPS) is 19.3. The van der Waals surface area contributed by atoms with Crippen LogP contribution in [0.4, 0.5) is 0 Å². The van der Waals surface area contributed by atoms with Crippen molar-refractivity contribution in [3.8, 4) is 5.00 Å². The van der Waals surface area contributed by atoms with Crippen LogP contribution in [0.5, 0.6) is 0 Å². The predicted molar refractivity (Wildman–Crippen MR) is 150 cm³/mol. The molecule has 2 aliphatic rings. The largest absolute Gasteiger partial charge is 0.379 e. The molecule has 2 unspecified atom stereocenters. The molecule has 5 rings (SSSR count). The summed E-state index contributed by atoms with van der Waals surface area (Å²) in [6, 6.07) is 7.56.